The first-order chi connectivity index (χ1) is 12.2. The van der Waals surface area contributed by atoms with Crippen LogP contribution >= 0.6 is 0 Å². The van der Waals surface area contributed by atoms with Crippen molar-refractivity contribution in [2.75, 3.05) is 13.1 Å². The average molecular weight is 333 g/mol. The van der Waals surface area contributed by atoms with E-state index < -0.39 is 0 Å². The third-order valence-electron chi connectivity index (χ3n) is 5.09. The van der Waals surface area contributed by atoms with Crippen molar-refractivity contribution in [1.82, 2.24) is 14.3 Å². The van der Waals surface area contributed by atoms with Crippen molar-refractivity contribution in [3.8, 4) is 0 Å². The van der Waals surface area contributed by atoms with Crippen LogP contribution in [0, 0.1) is 6.92 Å². The number of aryl methyl sites for hydroxylation is 1. The smallest absolute Gasteiger partial charge is 0.223 e. The maximum atomic E-state index is 12.8. The minimum atomic E-state index is 0.0204. The summed E-state index contributed by atoms with van der Waals surface area (Å²) in [6, 6.07) is 14.5. The van der Waals surface area contributed by atoms with Gasteiger partial charge in [-0.05, 0) is 43.0 Å². The van der Waals surface area contributed by atoms with Crippen LogP contribution in [0.15, 0.2) is 54.9 Å². The van der Waals surface area contributed by atoms with Crippen molar-refractivity contribution < 1.29 is 4.79 Å². The Kier molecular flexibility index (Phi) is 4.26. The second-order valence-corrected chi connectivity index (χ2v) is 6.87. The predicted octanol–water partition coefficient (Wildman–Crippen LogP) is 3.79. The van der Waals surface area contributed by atoms with E-state index in [1.165, 1.54) is 5.56 Å². The summed E-state index contributed by atoms with van der Waals surface area (Å²) >= 11 is 0. The first-order valence-corrected chi connectivity index (χ1v) is 8.99. The molecule has 0 saturated carbocycles. The van der Waals surface area contributed by atoms with E-state index in [4.69, 9.17) is 0 Å². The summed E-state index contributed by atoms with van der Waals surface area (Å²) in [5.41, 5.74) is 4.37. The van der Waals surface area contributed by atoms with Crippen LogP contribution in [0.3, 0.4) is 0 Å². The lowest BCUT2D eigenvalue weighted by atomic mass is 9.92. The van der Waals surface area contributed by atoms with E-state index in [9.17, 15) is 4.79 Å². The minimum Gasteiger partial charge on any atom is -0.343 e. The third-order valence-corrected chi connectivity index (χ3v) is 5.09. The van der Waals surface area contributed by atoms with Crippen molar-refractivity contribution in [2.24, 2.45) is 0 Å². The lowest BCUT2D eigenvalue weighted by molar-refractivity contribution is -0.130. The lowest BCUT2D eigenvalue weighted by Gasteiger charge is -2.21. The number of amides is 1. The molecule has 1 saturated heterocycles. The molecule has 1 unspecified atom stereocenters. The molecule has 4 heteroatoms. The molecule has 1 aromatic carbocycles. The van der Waals surface area contributed by atoms with Crippen molar-refractivity contribution in [3.05, 3.63) is 71.7 Å². The number of aromatic nitrogens is 2. The van der Waals surface area contributed by atoms with Crippen molar-refractivity contribution in [2.45, 2.75) is 32.1 Å². The Bertz CT molecular complexity index is 879. The molecule has 0 aliphatic carbocycles. The number of likely N-dealkylation sites (tertiary alicyclic amines) is 1. The molecule has 1 atom stereocenters. The Morgan fingerprint density at radius 2 is 1.92 bits per heavy atom. The van der Waals surface area contributed by atoms with Crippen LogP contribution in [0.25, 0.3) is 5.65 Å². The van der Waals surface area contributed by atoms with E-state index in [0.29, 0.717) is 6.42 Å². The summed E-state index contributed by atoms with van der Waals surface area (Å²) in [7, 11) is 0. The number of hydrogen-bond acceptors (Lipinski definition) is 2. The zero-order chi connectivity index (χ0) is 17.2. The Morgan fingerprint density at radius 3 is 2.68 bits per heavy atom. The van der Waals surface area contributed by atoms with Crippen molar-refractivity contribution in [1.29, 1.82) is 0 Å². The zero-order valence-corrected chi connectivity index (χ0v) is 14.6. The normalized spacial score (nSPS) is 15.6. The lowest BCUT2D eigenvalue weighted by Crippen LogP contribution is -2.29. The van der Waals surface area contributed by atoms with Gasteiger partial charge in [0.05, 0.1) is 5.69 Å². The molecule has 25 heavy (non-hydrogen) atoms. The number of carbonyl (C=O) groups is 1. The standard InChI is InChI=1S/C21H23N3O/c1-16-9-12-24-19(15-22-20(24)13-16)18(17-7-3-2-4-8-17)14-21(25)23-10-5-6-11-23/h2-4,7-9,12-13,15,18H,5-6,10-11,14H2,1H3. The number of benzene rings is 1. The molecule has 1 fully saturated rings. The number of imidazole rings is 1. The van der Waals surface area contributed by atoms with Crippen LogP contribution in [0.1, 0.15) is 42.0 Å². The summed E-state index contributed by atoms with van der Waals surface area (Å²) in [6.45, 7) is 3.86. The Labute approximate surface area is 148 Å². The Morgan fingerprint density at radius 1 is 1.16 bits per heavy atom. The second-order valence-electron chi connectivity index (χ2n) is 6.87. The summed E-state index contributed by atoms with van der Waals surface area (Å²) < 4.78 is 2.11. The van der Waals surface area contributed by atoms with Crippen LogP contribution in [0.5, 0.6) is 0 Å². The van der Waals surface area contributed by atoms with E-state index in [1.807, 2.05) is 29.3 Å². The van der Waals surface area contributed by atoms with Gasteiger partial charge in [-0.2, -0.15) is 0 Å². The summed E-state index contributed by atoms with van der Waals surface area (Å²) in [6.07, 6.45) is 6.71. The maximum absolute atomic E-state index is 12.8. The molecule has 0 N–H and O–H groups in total. The molecule has 1 amide bonds. The molecule has 3 aromatic rings. The second kappa shape index (κ2) is 6.71. The Hall–Kier alpha value is -2.62. The van der Waals surface area contributed by atoms with E-state index in [1.54, 1.807) is 0 Å². The van der Waals surface area contributed by atoms with Crippen molar-refractivity contribution >= 4 is 11.6 Å². The van der Waals surface area contributed by atoms with Gasteiger partial charge in [0.25, 0.3) is 0 Å². The van der Waals surface area contributed by atoms with Gasteiger partial charge >= 0.3 is 0 Å². The highest BCUT2D eigenvalue weighted by Crippen LogP contribution is 2.30. The predicted molar refractivity (Wildman–Crippen MR) is 98.6 cm³/mol. The van der Waals surface area contributed by atoms with E-state index in [2.05, 4.69) is 46.8 Å². The molecule has 4 nitrogen and oxygen atoms in total. The van der Waals surface area contributed by atoms with Crippen LogP contribution in [-0.4, -0.2) is 33.3 Å². The fourth-order valence-electron chi connectivity index (χ4n) is 3.71. The Balaban J connectivity index is 1.73. The molecule has 0 bridgehead atoms. The maximum Gasteiger partial charge on any atom is 0.223 e. The fraction of sp³-hybridized carbons (Fsp3) is 0.333. The third kappa shape index (κ3) is 3.16. The first kappa shape index (κ1) is 15.9. The van der Waals surface area contributed by atoms with Crippen LogP contribution in [0.4, 0.5) is 0 Å². The molecular formula is C21H23N3O. The van der Waals surface area contributed by atoms with E-state index in [0.717, 1.165) is 42.8 Å². The summed E-state index contributed by atoms with van der Waals surface area (Å²) in [5, 5.41) is 0. The molecule has 0 spiro atoms. The van der Waals surface area contributed by atoms with Gasteiger partial charge in [-0.1, -0.05) is 30.3 Å². The molecule has 3 heterocycles. The minimum absolute atomic E-state index is 0.0204. The SMILES string of the molecule is Cc1ccn2c(C(CC(=O)N3CCCC3)c3ccccc3)cnc2c1. The van der Waals surface area contributed by atoms with Gasteiger partial charge < -0.3 is 9.30 Å². The summed E-state index contributed by atoms with van der Waals surface area (Å²) in [5.74, 6) is 0.264. The van der Waals surface area contributed by atoms with Gasteiger partial charge in [-0.25, -0.2) is 4.98 Å². The van der Waals surface area contributed by atoms with Gasteiger partial charge in [-0.15, -0.1) is 0 Å². The van der Waals surface area contributed by atoms with Gasteiger partial charge in [0, 0.05) is 37.8 Å². The number of nitrogens with zero attached hydrogens (tertiary/aromatic N) is 3. The highest BCUT2D eigenvalue weighted by Gasteiger charge is 2.25. The number of hydrogen-bond donors (Lipinski definition) is 0. The number of carbonyl (C=O) groups excluding carboxylic acids is 1. The van der Waals surface area contributed by atoms with E-state index in [-0.39, 0.29) is 11.8 Å². The van der Waals surface area contributed by atoms with Crippen LogP contribution in [0.2, 0.25) is 0 Å². The largest absolute Gasteiger partial charge is 0.343 e. The monoisotopic (exact) mass is 333 g/mol. The topological polar surface area (TPSA) is 37.6 Å². The molecular weight excluding hydrogens is 310 g/mol. The van der Waals surface area contributed by atoms with Gasteiger partial charge in [0.15, 0.2) is 0 Å². The molecule has 4 rings (SSSR count). The molecule has 0 radical (unpaired) electrons. The highest BCUT2D eigenvalue weighted by molar-refractivity contribution is 5.78. The average Bonchev–Trinajstić information content (AvgIpc) is 3.30. The van der Waals surface area contributed by atoms with Crippen molar-refractivity contribution in [3.63, 3.8) is 0 Å². The highest BCUT2D eigenvalue weighted by atomic mass is 16.2. The van der Waals surface area contributed by atoms with Gasteiger partial charge in [-0.3, -0.25) is 4.79 Å². The summed E-state index contributed by atoms with van der Waals surface area (Å²) in [4.78, 5) is 19.4. The molecule has 1 aliphatic rings. The fourth-order valence-corrected chi connectivity index (χ4v) is 3.71. The number of rotatable bonds is 4. The molecule has 2 aromatic heterocycles. The van der Waals surface area contributed by atoms with E-state index >= 15 is 0 Å². The van der Waals surface area contributed by atoms with Crippen LogP contribution in [-0.2, 0) is 4.79 Å². The quantitative estimate of drug-likeness (QED) is 0.728. The first-order valence-electron chi connectivity index (χ1n) is 8.99. The molecule has 1 aliphatic heterocycles. The van der Waals surface area contributed by atoms with Crippen LogP contribution < -0.4 is 0 Å². The number of pyridine rings is 1. The van der Waals surface area contributed by atoms with Gasteiger partial charge in [0.1, 0.15) is 5.65 Å². The zero-order valence-electron chi connectivity index (χ0n) is 14.6. The number of fused-ring (bicyclic) bond motifs is 1. The molecule has 128 valence electrons. The van der Waals surface area contributed by atoms with Gasteiger partial charge in [0.2, 0.25) is 5.91 Å².